The van der Waals surface area contributed by atoms with E-state index in [1.807, 2.05) is 0 Å². The highest BCUT2D eigenvalue weighted by molar-refractivity contribution is 14.1. The fourth-order valence-electron chi connectivity index (χ4n) is 1.38. The molecule has 13 heavy (non-hydrogen) atoms. The summed E-state index contributed by atoms with van der Waals surface area (Å²) in [5.74, 6) is 0.601. The summed E-state index contributed by atoms with van der Waals surface area (Å²) in [6.45, 7) is 2.15. The zero-order valence-corrected chi connectivity index (χ0v) is 10.8. The first-order valence-corrected chi connectivity index (χ1v) is 6.44. The molecule has 1 aromatic heterocycles. The van der Waals surface area contributed by atoms with Crippen LogP contribution in [-0.4, -0.2) is 0 Å². The van der Waals surface area contributed by atoms with E-state index in [9.17, 15) is 0 Å². The summed E-state index contributed by atoms with van der Waals surface area (Å²) in [6.07, 6.45) is 0. The minimum atomic E-state index is 0.601. The summed E-state index contributed by atoms with van der Waals surface area (Å²) in [4.78, 5) is 0. The third-order valence-electron chi connectivity index (χ3n) is 2.08. The van der Waals surface area contributed by atoms with Gasteiger partial charge in [-0.15, -0.1) is 22.9 Å². The second-order valence-electron chi connectivity index (χ2n) is 2.96. The van der Waals surface area contributed by atoms with Crippen LogP contribution in [0.25, 0.3) is 10.1 Å². The number of benzene rings is 1. The van der Waals surface area contributed by atoms with Gasteiger partial charge in [-0.1, -0.05) is 6.07 Å². The third kappa shape index (κ3) is 1.60. The Kier molecular flexibility index (Phi) is 2.81. The first-order valence-electron chi connectivity index (χ1n) is 3.95. The minimum Gasteiger partial charge on any atom is -0.143 e. The molecule has 0 nitrogen and oxygen atoms in total. The van der Waals surface area contributed by atoms with Gasteiger partial charge in [0.25, 0.3) is 0 Å². The minimum absolute atomic E-state index is 0.601. The van der Waals surface area contributed by atoms with Crippen LogP contribution in [0.15, 0.2) is 17.5 Å². The lowest BCUT2D eigenvalue weighted by Gasteiger charge is -2.02. The standard InChI is InChI=1S/C10H8ClIS/c1-6-5-13-8-3-2-7(4-11)10(12)9(6)8/h2-3,5H,4H2,1H3. The van der Waals surface area contributed by atoms with Gasteiger partial charge in [-0.2, -0.15) is 0 Å². The van der Waals surface area contributed by atoms with E-state index in [1.54, 1.807) is 11.3 Å². The molecule has 0 amide bonds. The Morgan fingerprint density at radius 3 is 2.92 bits per heavy atom. The van der Waals surface area contributed by atoms with Crippen molar-refractivity contribution < 1.29 is 0 Å². The highest BCUT2D eigenvalue weighted by atomic mass is 127. The van der Waals surface area contributed by atoms with Crippen molar-refractivity contribution in [3.63, 3.8) is 0 Å². The molecule has 0 bridgehead atoms. The molecule has 0 aliphatic heterocycles. The Bertz CT molecular complexity index is 447. The number of rotatable bonds is 1. The summed E-state index contributed by atoms with van der Waals surface area (Å²) in [5.41, 5.74) is 2.59. The Labute approximate surface area is 100 Å². The lowest BCUT2D eigenvalue weighted by molar-refractivity contribution is 1.39. The van der Waals surface area contributed by atoms with Gasteiger partial charge in [-0.25, -0.2) is 0 Å². The predicted molar refractivity (Wildman–Crippen MR) is 68.8 cm³/mol. The smallest absolute Gasteiger partial charge is 0.0484 e. The molecule has 0 saturated heterocycles. The van der Waals surface area contributed by atoms with E-state index in [-0.39, 0.29) is 0 Å². The monoisotopic (exact) mass is 322 g/mol. The summed E-state index contributed by atoms with van der Waals surface area (Å²) in [6, 6.07) is 4.28. The highest BCUT2D eigenvalue weighted by Crippen LogP contribution is 2.32. The van der Waals surface area contributed by atoms with Gasteiger partial charge in [-0.05, 0) is 52.1 Å². The number of fused-ring (bicyclic) bond motifs is 1. The first kappa shape index (κ1) is 9.74. The van der Waals surface area contributed by atoms with Gasteiger partial charge in [0.15, 0.2) is 0 Å². The van der Waals surface area contributed by atoms with Gasteiger partial charge in [0.05, 0.1) is 0 Å². The van der Waals surface area contributed by atoms with Gasteiger partial charge in [0.1, 0.15) is 0 Å². The van der Waals surface area contributed by atoms with E-state index in [0.29, 0.717) is 5.88 Å². The van der Waals surface area contributed by atoms with Crippen LogP contribution in [0.2, 0.25) is 0 Å². The molecule has 68 valence electrons. The molecule has 0 aliphatic rings. The van der Waals surface area contributed by atoms with Crippen LogP contribution in [-0.2, 0) is 5.88 Å². The second kappa shape index (κ2) is 3.75. The maximum atomic E-state index is 5.85. The third-order valence-corrected chi connectivity index (χ3v) is 4.67. The Morgan fingerprint density at radius 1 is 1.46 bits per heavy atom. The molecule has 0 N–H and O–H groups in total. The van der Waals surface area contributed by atoms with Crippen molar-refractivity contribution in [1.29, 1.82) is 0 Å². The van der Waals surface area contributed by atoms with E-state index >= 15 is 0 Å². The van der Waals surface area contributed by atoms with Crippen molar-refractivity contribution >= 4 is 55.6 Å². The molecule has 0 atom stereocenters. The summed E-state index contributed by atoms with van der Waals surface area (Å²) in [7, 11) is 0. The normalized spacial score (nSPS) is 11.0. The van der Waals surface area contributed by atoms with E-state index in [0.717, 1.165) is 0 Å². The Hall–Kier alpha value is 0.200. The molecule has 0 radical (unpaired) electrons. The number of hydrogen-bond acceptors (Lipinski definition) is 1. The zero-order chi connectivity index (χ0) is 9.42. The van der Waals surface area contributed by atoms with E-state index < -0.39 is 0 Å². The number of thiophene rings is 1. The van der Waals surface area contributed by atoms with Crippen LogP contribution in [0.4, 0.5) is 0 Å². The quantitative estimate of drug-likeness (QED) is 0.533. The fraction of sp³-hybridized carbons (Fsp3) is 0.200. The van der Waals surface area contributed by atoms with Gasteiger partial charge >= 0.3 is 0 Å². The molecular weight excluding hydrogens is 315 g/mol. The van der Waals surface area contributed by atoms with Gasteiger partial charge in [0, 0.05) is 19.5 Å². The molecule has 0 saturated carbocycles. The number of aryl methyl sites for hydroxylation is 1. The van der Waals surface area contributed by atoms with Crippen LogP contribution in [0.1, 0.15) is 11.1 Å². The summed E-state index contributed by atoms with van der Waals surface area (Å²) in [5, 5.41) is 3.58. The van der Waals surface area contributed by atoms with Gasteiger partial charge in [0.2, 0.25) is 0 Å². The summed E-state index contributed by atoms with van der Waals surface area (Å²) >= 11 is 10.0. The molecule has 2 rings (SSSR count). The van der Waals surface area contributed by atoms with E-state index in [2.05, 4.69) is 47.0 Å². The van der Waals surface area contributed by atoms with Gasteiger partial charge < -0.3 is 0 Å². The molecule has 1 aromatic carbocycles. The fourth-order valence-corrected chi connectivity index (χ4v) is 4.05. The van der Waals surface area contributed by atoms with Crippen molar-refractivity contribution in [3.05, 3.63) is 32.2 Å². The van der Waals surface area contributed by atoms with Crippen molar-refractivity contribution in [2.75, 3.05) is 0 Å². The Morgan fingerprint density at radius 2 is 2.23 bits per heavy atom. The number of alkyl halides is 1. The van der Waals surface area contributed by atoms with Crippen LogP contribution in [0.3, 0.4) is 0 Å². The molecule has 0 unspecified atom stereocenters. The van der Waals surface area contributed by atoms with Crippen molar-refractivity contribution in [1.82, 2.24) is 0 Å². The lowest BCUT2D eigenvalue weighted by atomic mass is 10.1. The molecule has 0 spiro atoms. The number of hydrogen-bond donors (Lipinski definition) is 0. The first-order chi connectivity index (χ1) is 6.24. The molecule has 0 fully saturated rings. The summed E-state index contributed by atoms with van der Waals surface area (Å²) < 4.78 is 2.67. The molecular formula is C10H8ClIS. The van der Waals surface area contributed by atoms with Crippen LogP contribution in [0, 0.1) is 10.5 Å². The largest absolute Gasteiger partial charge is 0.143 e. The average molecular weight is 323 g/mol. The maximum Gasteiger partial charge on any atom is 0.0484 e. The highest BCUT2D eigenvalue weighted by Gasteiger charge is 2.07. The van der Waals surface area contributed by atoms with Crippen molar-refractivity contribution in [2.45, 2.75) is 12.8 Å². The molecule has 2 aromatic rings. The second-order valence-corrected chi connectivity index (χ2v) is 5.22. The molecule has 3 heteroatoms. The van der Waals surface area contributed by atoms with Crippen LogP contribution < -0.4 is 0 Å². The van der Waals surface area contributed by atoms with Crippen LogP contribution in [0.5, 0.6) is 0 Å². The van der Waals surface area contributed by atoms with Crippen molar-refractivity contribution in [3.8, 4) is 0 Å². The topological polar surface area (TPSA) is 0 Å². The van der Waals surface area contributed by atoms with E-state index in [1.165, 1.54) is 24.8 Å². The van der Waals surface area contributed by atoms with E-state index in [4.69, 9.17) is 11.6 Å². The average Bonchev–Trinajstić information content (AvgIpc) is 2.49. The Balaban J connectivity index is 2.83. The maximum absolute atomic E-state index is 5.85. The van der Waals surface area contributed by atoms with Gasteiger partial charge in [-0.3, -0.25) is 0 Å². The van der Waals surface area contributed by atoms with Crippen LogP contribution >= 0.6 is 45.5 Å². The SMILES string of the molecule is Cc1csc2ccc(CCl)c(I)c12. The predicted octanol–water partition coefficient (Wildman–Crippen LogP) is 4.55. The molecule has 1 heterocycles. The number of halogens is 2. The van der Waals surface area contributed by atoms with Crippen molar-refractivity contribution in [2.24, 2.45) is 0 Å². The molecule has 0 aliphatic carbocycles. The lowest BCUT2D eigenvalue weighted by Crippen LogP contribution is -1.85. The zero-order valence-electron chi connectivity index (χ0n) is 7.10.